The van der Waals surface area contributed by atoms with Gasteiger partial charge in [-0.1, -0.05) is 23.2 Å². The van der Waals surface area contributed by atoms with Gasteiger partial charge in [0.25, 0.3) is 5.91 Å². The minimum Gasteiger partial charge on any atom is -0.480 e. The molecule has 0 aromatic rings. The maximum Gasteiger partial charge on any atom is 0.328 e. The van der Waals surface area contributed by atoms with E-state index >= 15 is 0 Å². The molecular formula is C5H7Cl2NO4. The number of carbonyl (C=O) groups is 2. The van der Waals surface area contributed by atoms with E-state index in [0.717, 1.165) is 0 Å². The molecule has 0 aromatic heterocycles. The molecule has 1 unspecified atom stereocenters. The van der Waals surface area contributed by atoms with Crippen LogP contribution in [0.2, 0.25) is 0 Å². The number of carboxylic acid groups (broad SMARTS) is 1. The van der Waals surface area contributed by atoms with E-state index in [9.17, 15) is 9.59 Å². The van der Waals surface area contributed by atoms with Gasteiger partial charge in [0, 0.05) is 0 Å². The maximum absolute atomic E-state index is 10.7. The van der Waals surface area contributed by atoms with Crippen LogP contribution in [0.3, 0.4) is 0 Å². The van der Waals surface area contributed by atoms with Crippen molar-refractivity contribution in [3.63, 3.8) is 0 Å². The lowest BCUT2D eigenvalue weighted by atomic mass is 10.3. The number of aliphatic carboxylic acids is 1. The first-order chi connectivity index (χ1) is 5.49. The Balaban J connectivity index is 4.03. The molecule has 0 radical (unpaired) electrons. The zero-order chi connectivity index (χ0) is 9.72. The van der Waals surface area contributed by atoms with Crippen molar-refractivity contribution in [1.82, 2.24) is 5.32 Å². The first-order valence-electron chi connectivity index (χ1n) is 2.91. The maximum atomic E-state index is 10.7. The highest BCUT2D eigenvalue weighted by molar-refractivity contribution is 6.53. The highest BCUT2D eigenvalue weighted by Crippen LogP contribution is 2.01. The number of carboxylic acids is 1. The average molecular weight is 216 g/mol. The molecule has 3 N–H and O–H groups in total. The molecule has 70 valence electrons. The van der Waals surface area contributed by atoms with E-state index in [1.54, 1.807) is 0 Å². The molecule has 0 aliphatic rings. The summed E-state index contributed by atoms with van der Waals surface area (Å²) in [4.78, 5) is 19.6. The summed E-state index contributed by atoms with van der Waals surface area (Å²) in [6.07, 6.45) is 0. The standard InChI is InChI=1S/C5H7Cl2NO4/c6-3(7)4(10)8-2(1-9)5(11)12/h2-3,9H,1H2,(H,8,10)(H,11,12). The number of rotatable bonds is 4. The zero-order valence-corrected chi connectivity index (χ0v) is 7.34. The molecule has 0 aliphatic heterocycles. The molecule has 1 atom stereocenters. The molecule has 12 heavy (non-hydrogen) atoms. The van der Waals surface area contributed by atoms with Crippen molar-refractivity contribution in [1.29, 1.82) is 0 Å². The molecular weight excluding hydrogens is 209 g/mol. The van der Waals surface area contributed by atoms with Crippen molar-refractivity contribution in [3.8, 4) is 0 Å². The third kappa shape index (κ3) is 3.75. The molecule has 5 nitrogen and oxygen atoms in total. The number of halogens is 2. The van der Waals surface area contributed by atoms with Gasteiger partial charge in [-0.15, -0.1) is 0 Å². The van der Waals surface area contributed by atoms with Gasteiger partial charge >= 0.3 is 5.97 Å². The topological polar surface area (TPSA) is 86.6 Å². The summed E-state index contributed by atoms with van der Waals surface area (Å²) >= 11 is 10.2. The number of hydrogen-bond acceptors (Lipinski definition) is 3. The summed E-state index contributed by atoms with van der Waals surface area (Å²) < 4.78 is 0. The van der Waals surface area contributed by atoms with Gasteiger partial charge in [0.05, 0.1) is 6.61 Å². The van der Waals surface area contributed by atoms with Crippen LogP contribution < -0.4 is 5.32 Å². The fourth-order valence-electron chi connectivity index (χ4n) is 0.420. The summed E-state index contributed by atoms with van der Waals surface area (Å²) in [5.74, 6) is -2.19. The Morgan fingerprint density at radius 2 is 1.92 bits per heavy atom. The third-order valence-electron chi connectivity index (χ3n) is 0.995. The predicted octanol–water partition coefficient (Wildman–Crippen LogP) is -0.648. The number of alkyl halides is 2. The number of aliphatic hydroxyl groups is 1. The van der Waals surface area contributed by atoms with E-state index in [-0.39, 0.29) is 0 Å². The van der Waals surface area contributed by atoms with Crippen LogP contribution in [0.4, 0.5) is 0 Å². The molecule has 0 aliphatic carbocycles. The Morgan fingerprint density at radius 3 is 2.17 bits per heavy atom. The number of amides is 1. The minimum atomic E-state index is -1.36. The smallest absolute Gasteiger partial charge is 0.328 e. The van der Waals surface area contributed by atoms with Crippen molar-refractivity contribution < 1.29 is 19.8 Å². The first kappa shape index (κ1) is 11.5. The summed E-state index contributed by atoms with van der Waals surface area (Å²) in [6, 6.07) is -1.36. The Morgan fingerprint density at radius 1 is 1.42 bits per heavy atom. The van der Waals surface area contributed by atoms with Gasteiger partial charge in [-0.3, -0.25) is 4.79 Å². The molecule has 0 saturated heterocycles. The predicted molar refractivity (Wildman–Crippen MR) is 42.1 cm³/mol. The number of carbonyl (C=O) groups excluding carboxylic acids is 1. The SMILES string of the molecule is O=C(NC(CO)C(=O)O)C(Cl)Cl. The summed E-state index contributed by atoms with van der Waals surface area (Å²) in [6.45, 7) is -0.707. The van der Waals surface area contributed by atoms with Gasteiger partial charge in [-0.25, -0.2) is 4.79 Å². The quantitative estimate of drug-likeness (QED) is 0.545. The average Bonchev–Trinajstić information content (AvgIpc) is 1.98. The molecule has 0 spiro atoms. The van der Waals surface area contributed by atoms with Gasteiger partial charge in [-0.2, -0.15) is 0 Å². The molecule has 0 saturated carbocycles. The second kappa shape index (κ2) is 5.18. The van der Waals surface area contributed by atoms with Gasteiger partial charge in [0.1, 0.15) is 6.04 Å². The van der Waals surface area contributed by atoms with Crippen LogP contribution in [0.5, 0.6) is 0 Å². The highest BCUT2D eigenvalue weighted by Gasteiger charge is 2.21. The van der Waals surface area contributed by atoms with Crippen molar-refractivity contribution in [3.05, 3.63) is 0 Å². The van der Waals surface area contributed by atoms with E-state index in [1.165, 1.54) is 0 Å². The van der Waals surface area contributed by atoms with Crippen LogP contribution in [0.1, 0.15) is 0 Å². The van der Waals surface area contributed by atoms with Crippen molar-refractivity contribution in [2.75, 3.05) is 6.61 Å². The van der Waals surface area contributed by atoms with Crippen LogP contribution in [0.15, 0.2) is 0 Å². The van der Waals surface area contributed by atoms with Crippen LogP contribution >= 0.6 is 23.2 Å². The monoisotopic (exact) mass is 215 g/mol. The number of hydrogen-bond donors (Lipinski definition) is 3. The van der Waals surface area contributed by atoms with Crippen molar-refractivity contribution >= 4 is 35.1 Å². The van der Waals surface area contributed by atoms with Gasteiger partial charge in [0.15, 0.2) is 4.84 Å². The Hall–Kier alpha value is -0.520. The van der Waals surface area contributed by atoms with Gasteiger partial charge < -0.3 is 15.5 Å². The van der Waals surface area contributed by atoms with E-state index in [4.69, 9.17) is 33.4 Å². The molecule has 0 heterocycles. The normalized spacial score (nSPS) is 12.7. The van der Waals surface area contributed by atoms with Crippen LogP contribution in [0.25, 0.3) is 0 Å². The Kier molecular flexibility index (Phi) is 4.96. The second-order valence-electron chi connectivity index (χ2n) is 1.88. The largest absolute Gasteiger partial charge is 0.480 e. The minimum absolute atomic E-state index is 0.707. The summed E-state index contributed by atoms with van der Waals surface area (Å²) in [5.41, 5.74) is 0. The van der Waals surface area contributed by atoms with Crippen molar-refractivity contribution in [2.45, 2.75) is 10.9 Å². The summed E-state index contributed by atoms with van der Waals surface area (Å²) in [7, 11) is 0. The molecule has 1 amide bonds. The lowest BCUT2D eigenvalue weighted by Crippen LogP contribution is -2.45. The number of aliphatic hydroxyl groups excluding tert-OH is 1. The number of nitrogens with one attached hydrogen (secondary N) is 1. The highest BCUT2D eigenvalue weighted by atomic mass is 35.5. The fraction of sp³-hybridized carbons (Fsp3) is 0.600. The van der Waals surface area contributed by atoms with Gasteiger partial charge in [-0.05, 0) is 0 Å². The molecule has 0 bridgehead atoms. The zero-order valence-electron chi connectivity index (χ0n) is 5.83. The Bertz CT molecular complexity index is 184. The first-order valence-corrected chi connectivity index (χ1v) is 3.78. The summed E-state index contributed by atoms with van der Waals surface area (Å²) in [5, 5.41) is 18.7. The van der Waals surface area contributed by atoms with E-state index in [0.29, 0.717) is 0 Å². The second-order valence-corrected chi connectivity index (χ2v) is 2.98. The van der Waals surface area contributed by atoms with E-state index in [2.05, 4.69) is 0 Å². The van der Waals surface area contributed by atoms with Crippen LogP contribution in [0, 0.1) is 0 Å². The lowest BCUT2D eigenvalue weighted by molar-refractivity contribution is -0.142. The molecule has 0 fully saturated rings. The molecule has 7 heteroatoms. The van der Waals surface area contributed by atoms with Gasteiger partial charge in [0.2, 0.25) is 0 Å². The lowest BCUT2D eigenvalue weighted by Gasteiger charge is -2.11. The molecule has 0 rings (SSSR count). The van der Waals surface area contributed by atoms with Crippen molar-refractivity contribution in [2.24, 2.45) is 0 Å². The Labute approximate surface area is 78.3 Å². The third-order valence-corrected chi connectivity index (χ3v) is 1.39. The van der Waals surface area contributed by atoms with Crippen LogP contribution in [-0.4, -0.2) is 39.6 Å². The van der Waals surface area contributed by atoms with Crippen LogP contribution in [-0.2, 0) is 9.59 Å². The van der Waals surface area contributed by atoms with E-state index < -0.39 is 29.4 Å². The van der Waals surface area contributed by atoms with E-state index in [1.807, 2.05) is 5.32 Å². The fourth-order valence-corrected chi connectivity index (χ4v) is 0.546. The molecule has 0 aromatic carbocycles.